The van der Waals surface area contributed by atoms with Gasteiger partial charge < -0.3 is 14.6 Å². The Morgan fingerprint density at radius 3 is 2.34 bits per heavy atom. The van der Waals surface area contributed by atoms with Crippen LogP contribution in [0.25, 0.3) is 0 Å². The van der Waals surface area contributed by atoms with Crippen molar-refractivity contribution in [2.75, 3.05) is 7.05 Å². The summed E-state index contributed by atoms with van der Waals surface area (Å²) in [5.41, 5.74) is -1.76. The van der Waals surface area contributed by atoms with Gasteiger partial charge in [0.05, 0.1) is 5.56 Å². The van der Waals surface area contributed by atoms with Crippen molar-refractivity contribution >= 4 is 17.9 Å². The molecule has 1 aromatic heterocycles. The lowest BCUT2D eigenvalue weighted by molar-refractivity contribution is -0.157. The lowest BCUT2D eigenvalue weighted by Crippen LogP contribution is -2.41. The maximum absolute atomic E-state index is 12.8. The molecule has 1 atom stereocenters. The molecule has 0 radical (unpaired) electrons. The van der Waals surface area contributed by atoms with Gasteiger partial charge in [-0.3, -0.25) is 19.7 Å². The van der Waals surface area contributed by atoms with E-state index in [0.717, 1.165) is 0 Å². The van der Waals surface area contributed by atoms with Crippen LogP contribution in [0, 0.1) is 0 Å². The molecule has 0 spiro atoms. The molecule has 2 N–H and O–H groups in total. The molecule has 0 fully saturated rings. The van der Waals surface area contributed by atoms with Crippen molar-refractivity contribution in [2.45, 2.75) is 18.8 Å². The molecule has 1 unspecified atom stereocenters. The van der Waals surface area contributed by atoms with Crippen LogP contribution in [0.3, 0.4) is 0 Å². The summed E-state index contributed by atoms with van der Waals surface area (Å²) in [4.78, 5) is 47.7. The molecule has 1 heterocycles. The number of amides is 3. The Kier molecular flexibility index (Phi) is 6.75. The molecule has 0 aliphatic heterocycles. The fourth-order valence-corrected chi connectivity index (χ4v) is 2.27. The van der Waals surface area contributed by atoms with Gasteiger partial charge in [0.1, 0.15) is 6.54 Å². The largest absolute Gasteiger partial charge is 0.446 e. The van der Waals surface area contributed by atoms with Crippen molar-refractivity contribution < 1.29 is 32.3 Å². The number of pyridine rings is 1. The van der Waals surface area contributed by atoms with Gasteiger partial charge in [0.2, 0.25) is 6.10 Å². The Morgan fingerprint density at radius 1 is 1.10 bits per heavy atom. The normalized spacial score (nSPS) is 12.0. The second-order valence-corrected chi connectivity index (χ2v) is 5.73. The fraction of sp³-hybridized carbons (Fsp3) is 0.222. The van der Waals surface area contributed by atoms with Gasteiger partial charge in [0, 0.05) is 24.9 Å². The molecule has 29 heavy (non-hydrogen) atoms. The number of carbonyl (C=O) groups is 3. The first-order valence-electron chi connectivity index (χ1n) is 8.16. The van der Waals surface area contributed by atoms with E-state index in [-0.39, 0.29) is 5.56 Å². The molecule has 2 aromatic rings. The first-order chi connectivity index (χ1) is 13.6. The van der Waals surface area contributed by atoms with Gasteiger partial charge in [0.15, 0.2) is 0 Å². The van der Waals surface area contributed by atoms with Crippen molar-refractivity contribution in [3.63, 3.8) is 0 Å². The van der Waals surface area contributed by atoms with E-state index >= 15 is 0 Å². The van der Waals surface area contributed by atoms with Crippen LogP contribution in [0.1, 0.15) is 17.2 Å². The summed E-state index contributed by atoms with van der Waals surface area (Å²) in [6.45, 7) is -0.862. The summed E-state index contributed by atoms with van der Waals surface area (Å²) in [6.07, 6.45) is -5.78. The lowest BCUT2D eigenvalue weighted by Gasteiger charge is -2.18. The van der Waals surface area contributed by atoms with Crippen molar-refractivity contribution in [3.05, 3.63) is 70.1 Å². The van der Waals surface area contributed by atoms with E-state index in [4.69, 9.17) is 4.74 Å². The van der Waals surface area contributed by atoms with E-state index in [1.165, 1.54) is 19.2 Å². The van der Waals surface area contributed by atoms with Gasteiger partial charge in [0.25, 0.3) is 11.5 Å². The van der Waals surface area contributed by atoms with Gasteiger partial charge in [-0.1, -0.05) is 30.3 Å². The number of nitrogens with one attached hydrogen (secondary N) is 2. The van der Waals surface area contributed by atoms with Crippen molar-refractivity contribution in [3.8, 4) is 0 Å². The average molecular weight is 411 g/mol. The quantitative estimate of drug-likeness (QED) is 0.727. The molecule has 0 aliphatic carbocycles. The predicted octanol–water partition coefficient (Wildman–Crippen LogP) is 1.61. The third-order valence-electron chi connectivity index (χ3n) is 3.66. The number of esters is 1. The van der Waals surface area contributed by atoms with E-state index in [9.17, 15) is 32.3 Å². The van der Waals surface area contributed by atoms with E-state index in [1.807, 2.05) is 5.32 Å². The lowest BCUT2D eigenvalue weighted by atomic mass is 10.1. The number of halogens is 3. The minimum atomic E-state index is -4.71. The Hall–Kier alpha value is -3.63. The van der Waals surface area contributed by atoms with E-state index in [1.54, 1.807) is 18.2 Å². The maximum atomic E-state index is 12.8. The summed E-state index contributed by atoms with van der Waals surface area (Å²) in [7, 11) is 1.27. The molecule has 3 amide bonds. The van der Waals surface area contributed by atoms with Crippen molar-refractivity contribution in [1.82, 2.24) is 15.2 Å². The van der Waals surface area contributed by atoms with Crippen LogP contribution in [-0.2, 0) is 27.0 Å². The van der Waals surface area contributed by atoms with Gasteiger partial charge in [-0.25, -0.2) is 4.79 Å². The molecule has 154 valence electrons. The third-order valence-corrected chi connectivity index (χ3v) is 3.66. The number of hydrogen-bond acceptors (Lipinski definition) is 5. The summed E-state index contributed by atoms with van der Waals surface area (Å²) in [6, 6.07) is 8.08. The highest BCUT2D eigenvalue weighted by Crippen LogP contribution is 2.28. The molecule has 0 saturated heterocycles. The van der Waals surface area contributed by atoms with E-state index < -0.39 is 47.9 Å². The summed E-state index contributed by atoms with van der Waals surface area (Å²) < 4.78 is 44.0. The number of urea groups is 1. The predicted molar refractivity (Wildman–Crippen MR) is 93.6 cm³/mol. The first kappa shape index (κ1) is 21.7. The van der Waals surface area contributed by atoms with Crippen LogP contribution in [0.5, 0.6) is 0 Å². The van der Waals surface area contributed by atoms with Crippen molar-refractivity contribution in [1.29, 1.82) is 0 Å². The Morgan fingerprint density at radius 2 is 1.76 bits per heavy atom. The van der Waals surface area contributed by atoms with Gasteiger partial charge in [-0.05, 0) is 6.07 Å². The average Bonchev–Trinajstić information content (AvgIpc) is 2.67. The van der Waals surface area contributed by atoms with Crippen LogP contribution in [0.15, 0.2) is 53.5 Å². The van der Waals surface area contributed by atoms with Crippen LogP contribution >= 0.6 is 0 Å². The second-order valence-electron chi connectivity index (χ2n) is 5.73. The molecule has 0 bridgehead atoms. The Balaban J connectivity index is 2.23. The van der Waals surface area contributed by atoms with Gasteiger partial charge >= 0.3 is 18.2 Å². The van der Waals surface area contributed by atoms with E-state index in [0.29, 0.717) is 22.9 Å². The third kappa shape index (κ3) is 5.92. The van der Waals surface area contributed by atoms with Gasteiger partial charge in [-0.15, -0.1) is 0 Å². The molecular weight excluding hydrogens is 395 g/mol. The highest BCUT2D eigenvalue weighted by Gasteiger charge is 2.31. The molecule has 1 aromatic carbocycles. The zero-order chi connectivity index (χ0) is 21.6. The minimum Gasteiger partial charge on any atom is -0.446 e. The highest BCUT2D eigenvalue weighted by atomic mass is 19.4. The van der Waals surface area contributed by atoms with E-state index in [2.05, 4.69) is 5.32 Å². The van der Waals surface area contributed by atoms with Crippen molar-refractivity contribution in [2.24, 2.45) is 0 Å². The summed E-state index contributed by atoms with van der Waals surface area (Å²) in [5.74, 6) is -2.12. The number of ether oxygens (including phenoxy) is 1. The zero-order valence-corrected chi connectivity index (χ0v) is 15.0. The first-order valence-corrected chi connectivity index (χ1v) is 8.16. The maximum Gasteiger partial charge on any atom is 0.417 e. The van der Waals surface area contributed by atoms with Crippen LogP contribution in [-0.4, -0.2) is 29.5 Å². The van der Waals surface area contributed by atoms with Crippen LogP contribution < -0.4 is 16.2 Å². The Labute approximate surface area is 162 Å². The monoisotopic (exact) mass is 411 g/mol. The highest BCUT2D eigenvalue weighted by molar-refractivity contribution is 5.97. The number of hydrogen-bond donors (Lipinski definition) is 2. The minimum absolute atomic E-state index is 0.221. The molecule has 0 saturated carbocycles. The zero-order valence-electron chi connectivity index (χ0n) is 15.0. The number of benzene rings is 1. The van der Waals surface area contributed by atoms with Gasteiger partial charge in [-0.2, -0.15) is 13.2 Å². The molecular formula is C18H16F3N3O5. The number of alkyl halides is 3. The number of aromatic nitrogens is 1. The topological polar surface area (TPSA) is 106 Å². The molecule has 0 aliphatic rings. The van der Waals surface area contributed by atoms with Crippen LogP contribution in [0.2, 0.25) is 0 Å². The molecule has 11 heteroatoms. The standard InChI is InChI=1S/C18H16F3N3O5/c1-22-17(28)23-16(27)15(11-5-3-2-4-6-11)29-14(26)10-24-9-12(18(19,20)21)7-8-13(24)25/h2-9,15H,10H2,1H3,(H2,22,23,27,28). The summed E-state index contributed by atoms with van der Waals surface area (Å²) in [5, 5.41) is 4.11. The summed E-state index contributed by atoms with van der Waals surface area (Å²) >= 11 is 0. The SMILES string of the molecule is CNC(=O)NC(=O)C(OC(=O)Cn1cc(C(F)(F)F)ccc1=O)c1ccccc1. The number of rotatable bonds is 5. The van der Waals surface area contributed by atoms with Crippen LogP contribution in [0.4, 0.5) is 18.0 Å². The fourth-order valence-electron chi connectivity index (χ4n) is 2.27. The number of nitrogens with zero attached hydrogens (tertiary/aromatic N) is 1. The Bertz CT molecular complexity index is 957. The number of imide groups is 1. The molecule has 2 rings (SSSR count). The number of carbonyl (C=O) groups excluding carboxylic acids is 3. The smallest absolute Gasteiger partial charge is 0.417 e. The second kappa shape index (κ2) is 9.04. The molecule has 8 nitrogen and oxygen atoms in total.